The maximum absolute atomic E-state index is 5.81. The summed E-state index contributed by atoms with van der Waals surface area (Å²) in [4.78, 5) is 0. The summed E-state index contributed by atoms with van der Waals surface area (Å²) in [6, 6.07) is 7.97. The molecule has 1 aromatic rings. The molecule has 2 N–H and O–H groups in total. The average Bonchev–Trinajstić information content (AvgIpc) is 2.25. The molecule has 1 aliphatic carbocycles. The average molecular weight is 284 g/mol. The SMILES string of the molecule is NCC1(CCOc2ccc(Br)cc2)CCC1. The Morgan fingerprint density at radius 1 is 1.25 bits per heavy atom. The van der Waals surface area contributed by atoms with Gasteiger partial charge in [0, 0.05) is 4.47 Å². The summed E-state index contributed by atoms with van der Waals surface area (Å²) in [6.07, 6.45) is 4.95. The second-order valence-electron chi connectivity index (χ2n) is 4.61. The van der Waals surface area contributed by atoms with Crippen LogP contribution in [-0.2, 0) is 0 Å². The fraction of sp³-hybridized carbons (Fsp3) is 0.538. The predicted molar refractivity (Wildman–Crippen MR) is 69.6 cm³/mol. The largest absolute Gasteiger partial charge is 0.494 e. The molecule has 88 valence electrons. The fourth-order valence-corrected chi connectivity index (χ4v) is 2.41. The van der Waals surface area contributed by atoms with Gasteiger partial charge < -0.3 is 10.5 Å². The third-order valence-electron chi connectivity index (χ3n) is 3.56. The van der Waals surface area contributed by atoms with Gasteiger partial charge in [-0.1, -0.05) is 22.4 Å². The van der Waals surface area contributed by atoms with E-state index < -0.39 is 0 Å². The van der Waals surface area contributed by atoms with Crippen molar-refractivity contribution in [1.82, 2.24) is 0 Å². The molecule has 3 heteroatoms. The molecule has 16 heavy (non-hydrogen) atoms. The summed E-state index contributed by atoms with van der Waals surface area (Å²) in [5.41, 5.74) is 6.19. The second kappa shape index (κ2) is 5.19. The predicted octanol–water partition coefficient (Wildman–Crippen LogP) is 3.35. The molecule has 0 amide bonds. The zero-order valence-electron chi connectivity index (χ0n) is 9.42. The fourth-order valence-electron chi connectivity index (χ4n) is 2.15. The summed E-state index contributed by atoms with van der Waals surface area (Å²) in [6.45, 7) is 1.58. The Balaban J connectivity index is 1.77. The Kier molecular flexibility index (Phi) is 3.87. The Morgan fingerprint density at radius 2 is 1.94 bits per heavy atom. The lowest BCUT2D eigenvalue weighted by atomic mass is 9.67. The number of benzene rings is 1. The van der Waals surface area contributed by atoms with Crippen LogP contribution >= 0.6 is 15.9 Å². The van der Waals surface area contributed by atoms with E-state index in [-0.39, 0.29) is 0 Å². The third kappa shape index (κ3) is 2.77. The van der Waals surface area contributed by atoms with Crippen molar-refractivity contribution in [2.75, 3.05) is 13.2 Å². The van der Waals surface area contributed by atoms with Crippen LogP contribution in [0.4, 0.5) is 0 Å². The number of nitrogens with two attached hydrogens (primary N) is 1. The lowest BCUT2D eigenvalue weighted by Gasteiger charge is -2.40. The van der Waals surface area contributed by atoms with E-state index in [9.17, 15) is 0 Å². The van der Waals surface area contributed by atoms with Crippen molar-refractivity contribution in [3.63, 3.8) is 0 Å². The van der Waals surface area contributed by atoms with E-state index in [1.165, 1.54) is 19.3 Å². The highest BCUT2D eigenvalue weighted by atomic mass is 79.9. The third-order valence-corrected chi connectivity index (χ3v) is 4.09. The molecule has 1 fully saturated rings. The van der Waals surface area contributed by atoms with Gasteiger partial charge in [0.25, 0.3) is 0 Å². The molecule has 0 bridgehead atoms. The first-order valence-electron chi connectivity index (χ1n) is 5.83. The molecule has 0 atom stereocenters. The number of rotatable bonds is 5. The summed E-state index contributed by atoms with van der Waals surface area (Å²) >= 11 is 3.40. The van der Waals surface area contributed by atoms with Gasteiger partial charge in [0.2, 0.25) is 0 Å². The van der Waals surface area contributed by atoms with E-state index in [1.54, 1.807) is 0 Å². The van der Waals surface area contributed by atoms with Crippen molar-refractivity contribution in [2.45, 2.75) is 25.7 Å². The highest BCUT2D eigenvalue weighted by molar-refractivity contribution is 9.10. The minimum absolute atomic E-state index is 0.384. The van der Waals surface area contributed by atoms with Gasteiger partial charge in [0.15, 0.2) is 0 Å². The first-order valence-corrected chi connectivity index (χ1v) is 6.62. The number of hydrogen-bond donors (Lipinski definition) is 1. The van der Waals surface area contributed by atoms with E-state index in [1.807, 2.05) is 24.3 Å². The highest BCUT2D eigenvalue weighted by Crippen LogP contribution is 2.42. The molecule has 0 heterocycles. The van der Waals surface area contributed by atoms with E-state index in [0.717, 1.165) is 29.8 Å². The zero-order valence-corrected chi connectivity index (χ0v) is 11.0. The van der Waals surface area contributed by atoms with Gasteiger partial charge in [-0.2, -0.15) is 0 Å². The minimum atomic E-state index is 0.384. The molecule has 1 saturated carbocycles. The highest BCUT2D eigenvalue weighted by Gasteiger charge is 2.35. The molecule has 2 nitrogen and oxygen atoms in total. The van der Waals surface area contributed by atoms with Crippen LogP contribution in [0.3, 0.4) is 0 Å². The molecular weight excluding hydrogens is 266 g/mol. The smallest absolute Gasteiger partial charge is 0.119 e. The van der Waals surface area contributed by atoms with Crippen molar-refractivity contribution >= 4 is 15.9 Å². The number of hydrogen-bond acceptors (Lipinski definition) is 2. The Morgan fingerprint density at radius 3 is 2.44 bits per heavy atom. The monoisotopic (exact) mass is 283 g/mol. The van der Waals surface area contributed by atoms with E-state index in [4.69, 9.17) is 10.5 Å². The van der Waals surface area contributed by atoms with Crippen LogP contribution in [0.15, 0.2) is 28.7 Å². The van der Waals surface area contributed by atoms with Gasteiger partial charge >= 0.3 is 0 Å². The molecule has 0 radical (unpaired) electrons. The van der Waals surface area contributed by atoms with E-state index >= 15 is 0 Å². The van der Waals surface area contributed by atoms with Crippen molar-refractivity contribution in [1.29, 1.82) is 0 Å². The van der Waals surface area contributed by atoms with Gasteiger partial charge in [-0.25, -0.2) is 0 Å². The van der Waals surface area contributed by atoms with E-state index in [2.05, 4.69) is 15.9 Å². The molecule has 0 saturated heterocycles. The number of ether oxygens (including phenoxy) is 1. The van der Waals surface area contributed by atoms with Crippen LogP contribution in [-0.4, -0.2) is 13.2 Å². The van der Waals surface area contributed by atoms with Crippen molar-refractivity contribution in [2.24, 2.45) is 11.1 Å². The van der Waals surface area contributed by atoms with E-state index in [0.29, 0.717) is 5.41 Å². The normalized spacial score (nSPS) is 17.9. The molecule has 0 aliphatic heterocycles. The van der Waals surface area contributed by atoms with Crippen LogP contribution in [0.25, 0.3) is 0 Å². The first-order chi connectivity index (χ1) is 7.74. The first kappa shape index (κ1) is 11.9. The standard InChI is InChI=1S/C13H18BrNO/c14-11-2-4-12(5-3-11)16-9-8-13(10-15)6-1-7-13/h2-5H,1,6-10,15H2. The molecule has 1 aromatic carbocycles. The van der Waals surface area contributed by atoms with Gasteiger partial charge in [-0.05, 0) is 55.5 Å². The topological polar surface area (TPSA) is 35.2 Å². The maximum Gasteiger partial charge on any atom is 0.119 e. The van der Waals surface area contributed by atoms with Gasteiger partial charge in [-0.3, -0.25) is 0 Å². The number of halogens is 1. The van der Waals surface area contributed by atoms with Gasteiger partial charge in [-0.15, -0.1) is 0 Å². The molecular formula is C13H18BrNO. The lowest BCUT2D eigenvalue weighted by molar-refractivity contribution is 0.103. The van der Waals surface area contributed by atoms with Crippen LogP contribution in [0.1, 0.15) is 25.7 Å². The Labute approximate surface area is 105 Å². The molecule has 2 rings (SSSR count). The van der Waals surface area contributed by atoms with Crippen molar-refractivity contribution in [3.8, 4) is 5.75 Å². The molecule has 0 unspecified atom stereocenters. The summed E-state index contributed by atoms with van der Waals surface area (Å²) in [5, 5.41) is 0. The molecule has 0 spiro atoms. The van der Waals surface area contributed by atoms with Crippen molar-refractivity contribution < 1.29 is 4.74 Å². The minimum Gasteiger partial charge on any atom is -0.494 e. The Bertz CT molecular complexity index is 327. The molecule has 0 aromatic heterocycles. The van der Waals surface area contributed by atoms with Crippen LogP contribution in [0, 0.1) is 5.41 Å². The zero-order chi connectivity index (χ0) is 11.4. The lowest BCUT2D eigenvalue weighted by Crippen LogP contribution is -2.38. The van der Waals surface area contributed by atoms with Crippen molar-refractivity contribution in [3.05, 3.63) is 28.7 Å². The van der Waals surface area contributed by atoms with Crippen LogP contribution in [0.5, 0.6) is 5.75 Å². The second-order valence-corrected chi connectivity index (χ2v) is 5.53. The Hall–Kier alpha value is -0.540. The summed E-state index contributed by atoms with van der Waals surface area (Å²) < 4.78 is 6.80. The van der Waals surface area contributed by atoms with Crippen LogP contribution in [0.2, 0.25) is 0 Å². The van der Waals surface area contributed by atoms with Gasteiger partial charge in [0.1, 0.15) is 5.75 Å². The maximum atomic E-state index is 5.81. The van der Waals surface area contributed by atoms with Gasteiger partial charge in [0.05, 0.1) is 6.61 Å². The summed E-state index contributed by atoms with van der Waals surface area (Å²) in [7, 11) is 0. The quantitative estimate of drug-likeness (QED) is 0.900. The summed E-state index contributed by atoms with van der Waals surface area (Å²) in [5.74, 6) is 0.940. The molecule has 1 aliphatic rings. The van der Waals surface area contributed by atoms with Crippen LogP contribution < -0.4 is 10.5 Å².